The fourth-order valence-electron chi connectivity index (χ4n) is 5.24. The average molecular weight is 706 g/mol. The van der Waals surface area contributed by atoms with Crippen molar-refractivity contribution in [3.05, 3.63) is 94.8 Å². The number of ether oxygens (including phenoxy) is 3. The fraction of sp³-hybridized carbons (Fsp3) is 0.351. The van der Waals surface area contributed by atoms with E-state index >= 15 is 0 Å². The van der Waals surface area contributed by atoms with Crippen molar-refractivity contribution in [1.82, 2.24) is 10.2 Å². The summed E-state index contributed by atoms with van der Waals surface area (Å²) in [7, 11) is 0. The summed E-state index contributed by atoms with van der Waals surface area (Å²) >= 11 is 2.54. The number of aliphatic hydroxyl groups is 1. The molecule has 9 nitrogen and oxygen atoms in total. The maximum Gasteiger partial charge on any atom is 0.301 e. The Kier molecular flexibility index (Phi) is 12.7. The van der Waals surface area contributed by atoms with E-state index in [0.717, 1.165) is 49.0 Å². The predicted octanol–water partition coefficient (Wildman–Crippen LogP) is 8.74. The van der Waals surface area contributed by atoms with Crippen LogP contribution in [0.2, 0.25) is 0 Å². The lowest BCUT2D eigenvalue weighted by Crippen LogP contribution is -2.29. The van der Waals surface area contributed by atoms with Gasteiger partial charge in [0.2, 0.25) is 5.13 Å². The molecule has 0 radical (unpaired) electrons. The van der Waals surface area contributed by atoms with Gasteiger partial charge in [-0.25, -0.2) is 4.39 Å². The molecule has 3 aromatic carbocycles. The van der Waals surface area contributed by atoms with E-state index in [1.165, 1.54) is 28.8 Å². The molecule has 1 fully saturated rings. The second-order valence-corrected chi connectivity index (χ2v) is 13.5. The highest BCUT2D eigenvalue weighted by atomic mass is 32.2. The van der Waals surface area contributed by atoms with Crippen molar-refractivity contribution in [2.75, 3.05) is 24.7 Å². The highest BCUT2D eigenvalue weighted by molar-refractivity contribution is 8.00. The lowest BCUT2D eigenvalue weighted by Gasteiger charge is -2.23. The smallest absolute Gasteiger partial charge is 0.301 e. The van der Waals surface area contributed by atoms with Gasteiger partial charge in [0.25, 0.3) is 5.78 Å². The van der Waals surface area contributed by atoms with Crippen LogP contribution in [-0.2, 0) is 15.3 Å². The maximum atomic E-state index is 13.8. The Morgan fingerprint density at radius 1 is 0.878 bits per heavy atom. The monoisotopic (exact) mass is 705 g/mol. The highest BCUT2D eigenvalue weighted by Gasteiger charge is 2.48. The summed E-state index contributed by atoms with van der Waals surface area (Å²) < 4.78 is 31.7. The number of thioether (sulfide) groups is 1. The largest absolute Gasteiger partial charge is 0.507 e. The highest BCUT2D eigenvalue weighted by Crippen LogP contribution is 2.46. The number of carbonyl (C=O) groups is 2. The molecule has 258 valence electrons. The number of aromatic nitrogens is 2. The number of ketones is 1. The Hall–Kier alpha value is -4.42. The summed E-state index contributed by atoms with van der Waals surface area (Å²) in [5, 5.41) is 20.4. The summed E-state index contributed by atoms with van der Waals surface area (Å²) in [4.78, 5) is 28.9. The molecule has 1 N–H and O–H groups in total. The molecule has 0 spiro atoms. The van der Waals surface area contributed by atoms with E-state index < -0.39 is 17.7 Å². The Bertz CT molecular complexity index is 1760. The van der Waals surface area contributed by atoms with Gasteiger partial charge in [0.15, 0.2) is 15.8 Å². The average Bonchev–Trinajstić information content (AvgIpc) is 3.68. The number of carbonyl (C=O) groups excluding carboxylic acids is 2. The number of hydrogen-bond acceptors (Lipinski definition) is 10. The normalized spacial score (nSPS) is 15.5. The molecule has 1 saturated heterocycles. The Balaban J connectivity index is 1.52. The first-order chi connectivity index (χ1) is 23.8. The lowest BCUT2D eigenvalue weighted by atomic mass is 9.95. The Morgan fingerprint density at radius 2 is 1.61 bits per heavy atom. The number of Topliss-reactive ketones (excluding diaryl/α,β-unsaturated/α-hetero) is 1. The van der Waals surface area contributed by atoms with Gasteiger partial charge in [0.1, 0.15) is 17.3 Å². The molecule has 49 heavy (non-hydrogen) atoms. The van der Waals surface area contributed by atoms with E-state index in [-0.39, 0.29) is 22.3 Å². The molecular formula is C37H40FN3O6S2. The zero-order chi connectivity index (χ0) is 34.8. The summed E-state index contributed by atoms with van der Waals surface area (Å²) in [6, 6.07) is 17.2. The topological polar surface area (TPSA) is 111 Å². The minimum absolute atomic E-state index is 0.0839. The van der Waals surface area contributed by atoms with Crippen LogP contribution in [0.3, 0.4) is 0 Å². The number of anilines is 1. The molecule has 1 atom stereocenters. The molecule has 4 aromatic rings. The first kappa shape index (κ1) is 35.9. The van der Waals surface area contributed by atoms with Crippen LogP contribution in [0.4, 0.5) is 9.52 Å². The standard InChI is InChI=1S/C37H40FN3O6S2/c1-4-7-9-21-47-29-19-14-26(22-30(29)45-6-3)32-31(33(42)25-12-17-28(18-13-25)46-20-8-5-2)34(43)35(44)41(32)36-39-40-37(49-36)48-23-24-10-15-27(38)16-11-24/h10-19,22,32,42H,4-9,20-21,23H2,1-3H3/t32-/m0/s1. The van der Waals surface area contributed by atoms with Gasteiger partial charge in [0, 0.05) is 11.3 Å². The third-order valence-electron chi connectivity index (χ3n) is 7.81. The predicted molar refractivity (Wildman–Crippen MR) is 190 cm³/mol. The van der Waals surface area contributed by atoms with Gasteiger partial charge in [-0.15, -0.1) is 10.2 Å². The maximum absolute atomic E-state index is 13.8. The summed E-state index contributed by atoms with van der Waals surface area (Å²) in [5.74, 6) is -0.170. The van der Waals surface area contributed by atoms with Crippen LogP contribution >= 0.6 is 23.1 Å². The molecule has 12 heteroatoms. The van der Waals surface area contributed by atoms with Crippen molar-refractivity contribution in [2.24, 2.45) is 0 Å². The molecule has 1 aliphatic rings. The number of hydrogen-bond donors (Lipinski definition) is 1. The summed E-state index contributed by atoms with van der Waals surface area (Å²) in [6.07, 6.45) is 4.90. The first-order valence-electron chi connectivity index (χ1n) is 16.5. The SMILES string of the molecule is CCCCCOc1ccc([C@H]2C(=C(O)c3ccc(OCCCC)cc3)C(=O)C(=O)N2c2nnc(SCc3ccc(F)cc3)s2)cc1OCC. The molecule has 1 amide bonds. The van der Waals surface area contributed by atoms with Crippen LogP contribution < -0.4 is 19.1 Å². The van der Waals surface area contributed by atoms with Crippen LogP contribution in [-0.4, -0.2) is 46.8 Å². The third kappa shape index (κ3) is 8.79. The molecule has 5 rings (SSSR count). The number of nitrogens with zero attached hydrogens (tertiary/aromatic N) is 3. The number of rotatable bonds is 17. The molecule has 1 aliphatic heterocycles. The van der Waals surface area contributed by atoms with E-state index in [9.17, 15) is 19.1 Å². The minimum Gasteiger partial charge on any atom is -0.507 e. The lowest BCUT2D eigenvalue weighted by molar-refractivity contribution is -0.132. The second-order valence-electron chi connectivity index (χ2n) is 11.4. The van der Waals surface area contributed by atoms with Crippen molar-refractivity contribution in [3.8, 4) is 17.2 Å². The molecular weight excluding hydrogens is 666 g/mol. The van der Waals surface area contributed by atoms with Crippen molar-refractivity contribution >= 4 is 45.7 Å². The van der Waals surface area contributed by atoms with Gasteiger partial charge >= 0.3 is 5.91 Å². The number of amides is 1. The van der Waals surface area contributed by atoms with Gasteiger partial charge in [-0.2, -0.15) is 0 Å². The van der Waals surface area contributed by atoms with Crippen LogP contribution in [0.25, 0.3) is 5.76 Å². The minimum atomic E-state index is -1.03. The van der Waals surface area contributed by atoms with Crippen molar-refractivity contribution in [3.63, 3.8) is 0 Å². The Morgan fingerprint density at radius 3 is 2.33 bits per heavy atom. The number of aliphatic hydroxyl groups excluding tert-OH is 1. The molecule has 0 saturated carbocycles. The van der Waals surface area contributed by atoms with Crippen LogP contribution in [0.15, 0.2) is 76.6 Å². The van der Waals surface area contributed by atoms with Gasteiger partial charge in [-0.1, -0.05) is 74.4 Å². The van der Waals surface area contributed by atoms with E-state index in [1.54, 1.807) is 54.6 Å². The van der Waals surface area contributed by atoms with Crippen LogP contribution in [0.5, 0.6) is 17.2 Å². The molecule has 0 unspecified atom stereocenters. The Labute approximate surface area is 294 Å². The zero-order valence-corrected chi connectivity index (χ0v) is 29.4. The molecule has 2 heterocycles. The van der Waals surface area contributed by atoms with E-state index in [0.29, 0.717) is 58.3 Å². The van der Waals surface area contributed by atoms with Crippen LogP contribution in [0.1, 0.15) is 75.6 Å². The van der Waals surface area contributed by atoms with E-state index in [4.69, 9.17) is 14.2 Å². The molecule has 0 aliphatic carbocycles. The van der Waals surface area contributed by atoms with Gasteiger partial charge < -0.3 is 19.3 Å². The van der Waals surface area contributed by atoms with Gasteiger partial charge in [-0.3, -0.25) is 14.5 Å². The number of halogens is 1. The van der Waals surface area contributed by atoms with Crippen molar-refractivity contribution in [1.29, 1.82) is 0 Å². The van der Waals surface area contributed by atoms with E-state index in [2.05, 4.69) is 24.0 Å². The van der Waals surface area contributed by atoms with Crippen molar-refractivity contribution < 1.29 is 33.3 Å². The number of unbranched alkanes of at least 4 members (excludes halogenated alkanes) is 3. The summed E-state index contributed by atoms with van der Waals surface area (Å²) in [5.41, 5.74) is 1.70. The second kappa shape index (κ2) is 17.3. The van der Waals surface area contributed by atoms with Crippen molar-refractivity contribution in [2.45, 2.75) is 69.0 Å². The van der Waals surface area contributed by atoms with E-state index in [1.807, 2.05) is 6.92 Å². The van der Waals surface area contributed by atoms with Crippen LogP contribution in [0, 0.1) is 5.82 Å². The summed E-state index contributed by atoms with van der Waals surface area (Å²) in [6.45, 7) is 7.52. The molecule has 1 aromatic heterocycles. The van der Waals surface area contributed by atoms with Gasteiger partial charge in [0.05, 0.1) is 31.4 Å². The van der Waals surface area contributed by atoms with Gasteiger partial charge in [-0.05, 0) is 79.4 Å². The number of benzene rings is 3. The first-order valence-corrected chi connectivity index (χ1v) is 18.3. The third-order valence-corrected chi connectivity index (χ3v) is 9.93. The quantitative estimate of drug-likeness (QED) is 0.0288. The fourth-order valence-corrected chi connectivity index (χ4v) is 7.07. The molecule has 0 bridgehead atoms. The zero-order valence-electron chi connectivity index (χ0n) is 27.8.